The lowest BCUT2D eigenvalue weighted by atomic mass is 10.0. The third-order valence-corrected chi connectivity index (χ3v) is 6.62. The van der Waals surface area contributed by atoms with Crippen LogP contribution in [-0.4, -0.2) is 38.7 Å². The van der Waals surface area contributed by atoms with Crippen molar-refractivity contribution in [3.8, 4) is 0 Å². The molecule has 27 heavy (non-hydrogen) atoms. The monoisotopic (exact) mass is 402 g/mol. The van der Waals surface area contributed by atoms with Crippen LogP contribution < -0.4 is 0 Å². The highest BCUT2D eigenvalue weighted by atomic mass is 28.3. The van der Waals surface area contributed by atoms with Gasteiger partial charge in [0.05, 0.1) is 12.5 Å². The summed E-state index contributed by atoms with van der Waals surface area (Å²) in [6.45, 7) is 10.1. The normalized spacial score (nSPS) is 13.0. The second-order valence-electron chi connectivity index (χ2n) is 9.05. The number of carbonyl (C=O) groups is 1. The molecule has 0 aromatic carbocycles. The number of aliphatic carboxylic acids is 1. The van der Waals surface area contributed by atoms with Gasteiger partial charge < -0.3 is 14.6 Å². The van der Waals surface area contributed by atoms with E-state index in [9.17, 15) is 4.79 Å². The molecule has 0 aromatic rings. The minimum Gasteiger partial charge on any atom is -0.481 e. The molecular weight excluding hydrogens is 356 g/mol. The molecule has 1 N–H and O–H groups in total. The van der Waals surface area contributed by atoms with Crippen LogP contribution in [0.15, 0.2) is 0 Å². The van der Waals surface area contributed by atoms with Crippen LogP contribution in [0, 0.1) is 0 Å². The van der Waals surface area contributed by atoms with Gasteiger partial charge in [-0.2, -0.15) is 0 Å². The first-order valence-electron chi connectivity index (χ1n) is 11.3. The lowest BCUT2D eigenvalue weighted by Gasteiger charge is -2.18. The maximum absolute atomic E-state index is 11.0. The zero-order valence-electron chi connectivity index (χ0n) is 18.6. The molecule has 0 saturated heterocycles. The van der Waals surface area contributed by atoms with Crippen LogP contribution in [0.3, 0.4) is 0 Å². The summed E-state index contributed by atoms with van der Waals surface area (Å²) >= 11 is 0. The zero-order valence-corrected chi connectivity index (χ0v) is 19.6. The van der Waals surface area contributed by atoms with Gasteiger partial charge in [0.25, 0.3) is 0 Å². The second-order valence-corrected chi connectivity index (χ2v) is 14.7. The smallest absolute Gasteiger partial charge is 0.305 e. The molecule has 0 aliphatic rings. The van der Waals surface area contributed by atoms with E-state index in [0.717, 1.165) is 18.9 Å². The molecule has 1 atom stereocenters. The summed E-state index contributed by atoms with van der Waals surface area (Å²) in [6.07, 6.45) is 15.0. The minimum absolute atomic E-state index is 0.0785. The lowest BCUT2D eigenvalue weighted by molar-refractivity contribution is -0.144. The van der Waals surface area contributed by atoms with E-state index in [0.29, 0.717) is 6.61 Å². The fourth-order valence-electron chi connectivity index (χ4n) is 3.06. The van der Waals surface area contributed by atoms with Crippen LogP contribution >= 0.6 is 0 Å². The fraction of sp³-hybridized carbons (Fsp3) is 0.955. The number of carboxylic acids is 1. The molecule has 0 fully saturated rings. The topological polar surface area (TPSA) is 55.8 Å². The predicted octanol–water partition coefficient (Wildman–Crippen LogP) is 6.86. The van der Waals surface area contributed by atoms with Gasteiger partial charge in [0, 0.05) is 14.7 Å². The Kier molecular flexibility index (Phi) is 17.4. The van der Waals surface area contributed by atoms with Gasteiger partial charge in [0.2, 0.25) is 0 Å². The average Bonchev–Trinajstić information content (AvgIpc) is 2.57. The van der Waals surface area contributed by atoms with E-state index in [1.807, 2.05) is 0 Å². The van der Waals surface area contributed by atoms with Crippen molar-refractivity contribution in [3.05, 3.63) is 0 Å². The molecule has 0 aromatic heterocycles. The number of hydrogen-bond acceptors (Lipinski definition) is 3. The maximum atomic E-state index is 11.0. The molecule has 0 amide bonds. The minimum atomic E-state index is -1.08. The van der Waals surface area contributed by atoms with Gasteiger partial charge >= 0.3 is 5.97 Å². The molecule has 4 nitrogen and oxygen atoms in total. The predicted molar refractivity (Wildman–Crippen MR) is 117 cm³/mol. The summed E-state index contributed by atoms with van der Waals surface area (Å²) in [4.78, 5) is 11.0. The number of ether oxygens (including phenoxy) is 2. The zero-order chi connectivity index (χ0) is 20.4. The van der Waals surface area contributed by atoms with Crippen molar-refractivity contribution < 1.29 is 19.4 Å². The van der Waals surface area contributed by atoms with Crippen molar-refractivity contribution in [1.29, 1.82) is 0 Å². The van der Waals surface area contributed by atoms with Gasteiger partial charge in [-0.3, -0.25) is 4.79 Å². The van der Waals surface area contributed by atoms with Gasteiger partial charge in [-0.15, -0.1) is 0 Å². The van der Waals surface area contributed by atoms with E-state index >= 15 is 0 Å². The summed E-state index contributed by atoms with van der Waals surface area (Å²) < 4.78 is 11.2. The molecule has 0 aliphatic carbocycles. The van der Waals surface area contributed by atoms with E-state index in [2.05, 4.69) is 26.6 Å². The quantitative estimate of drug-likeness (QED) is 0.137. The largest absolute Gasteiger partial charge is 0.481 e. The van der Waals surface area contributed by atoms with Crippen LogP contribution in [0.25, 0.3) is 0 Å². The molecular formula is C22H46O4Si. The summed E-state index contributed by atoms with van der Waals surface area (Å²) in [6, 6.07) is 1.11. The summed E-state index contributed by atoms with van der Waals surface area (Å²) in [5.74, 6) is -0.787. The van der Waals surface area contributed by atoms with Gasteiger partial charge in [0.1, 0.15) is 6.79 Å². The number of rotatable bonds is 20. The van der Waals surface area contributed by atoms with Gasteiger partial charge in [-0.1, -0.05) is 97.2 Å². The van der Waals surface area contributed by atoms with Crippen LogP contribution in [0.1, 0.15) is 90.4 Å². The highest BCUT2D eigenvalue weighted by molar-refractivity contribution is 6.76. The molecule has 0 heterocycles. The Morgan fingerprint density at radius 1 is 0.889 bits per heavy atom. The summed E-state index contributed by atoms with van der Waals surface area (Å²) in [5, 5.41) is 9.06. The first-order valence-corrected chi connectivity index (χ1v) is 15.0. The standard InChI is InChI=1S/C22H46O4Si/c1-5-6-7-8-9-10-11-12-13-14-15-16-21(19-22(23)24)26-20-25-17-18-27(2,3)4/h21H,5-20H2,1-4H3,(H,23,24)/t21-/m0/s1. The number of hydrogen-bond donors (Lipinski definition) is 1. The summed E-state index contributed by atoms with van der Waals surface area (Å²) in [5.41, 5.74) is 0. The van der Waals surface area contributed by atoms with Crippen LogP contribution in [0.2, 0.25) is 25.7 Å². The molecule has 0 saturated carbocycles. The Labute approximate surface area is 169 Å². The molecule has 162 valence electrons. The van der Waals surface area contributed by atoms with E-state index < -0.39 is 14.0 Å². The maximum Gasteiger partial charge on any atom is 0.305 e. The van der Waals surface area contributed by atoms with Crippen molar-refractivity contribution in [2.24, 2.45) is 0 Å². The third-order valence-electron chi connectivity index (χ3n) is 4.92. The Bertz CT molecular complexity index is 342. The molecule has 0 bridgehead atoms. The first-order chi connectivity index (χ1) is 12.8. The summed E-state index contributed by atoms with van der Waals surface area (Å²) in [7, 11) is -1.08. The third kappa shape index (κ3) is 21.8. The lowest BCUT2D eigenvalue weighted by Crippen LogP contribution is -2.23. The van der Waals surface area contributed by atoms with Crippen LogP contribution in [0.5, 0.6) is 0 Å². The molecule has 5 heteroatoms. The molecule has 0 unspecified atom stereocenters. The number of carboxylic acid groups (broad SMARTS) is 1. The van der Waals surface area contributed by atoms with Crippen molar-refractivity contribution >= 4 is 14.0 Å². The van der Waals surface area contributed by atoms with Crippen LogP contribution in [0.4, 0.5) is 0 Å². The SMILES string of the molecule is CCCCCCCCCCCCC[C@@H](CC(=O)O)OCOCC[Si](C)(C)C. The van der Waals surface area contributed by atoms with Crippen molar-refractivity contribution in [2.45, 2.75) is 122 Å². The van der Waals surface area contributed by atoms with Gasteiger partial charge in [-0.05, 0) is 12.5 Å². The molecule has 0 radical (unpaired) electrons. The van der Waals surface area contributed by atoms with E-state index in [1.54, 1.807) is 0 Å². The number of unbranched alkanes of at least 4 members (excludes halogenated alkanes) is 10. The highest BCUT2D eigenvalue weighted by Crippen LogP contribution is 2.15. The van der Waals surface area contributed by atoms with E-state index in [4.69, 9.17) is 14.6 Å². The van der Waals surface area contributed by atoms with E-state index in [1.165, 1.54) is 64.2 Å². The van der Waals surface area contributed by atoms with E-state index in [-0.39, 0.29) is 19.3 Å². The Balaban J connectivity index is 3.63. The van der Waals surface area contributed by atoms with Crippen LogP contribution in [-0.2, 0) is 14.3 Å². The highest BCUT2D eigenvalue weighted by Gasteiger charge is 2.15. The first kappa shape index (κ1) is 26.6. The average molecular weight is 403 g/mol. The van der Waals surface area contributed by atoms with Gasteiger partial charge in [0.15, 0.2) is 0 Å². The Morgan fingerprint density at radius 3 is 1.89 bits per heavy atom. The Morgan fingerprint density at radius 2 is 1.41 bits per heavy atom. The second kappa shape index (κ2) is 17.7. The van der Waals surface area contributed by atoms with Crippen molar-refractivity contribution in [1.82, 2.24) is 0 Å². The van der Waals surface area contributed by atoms with Crippen molar-refractivity contribution in [2.75, 3.05) is 13.4 Å². The molecule has 0 aliphatic heterocycles. The van der Waals surface area contributed by atoms with Gasteiger partial charge in [-0.25, -0.2) is 0 Å². The van der Waals surface area contributed by atoms with Crippen molar-refractivity contribution in [3.63, 3.8) is 0 Å². The molecule has 0 rings (SSSR count). The fourth-order valence-corrected chi connectivity index (χ4v) is 3.81. The Hall–Kier alpha value is -0.393. The molecule has 0 spiro atoms.